The third-order valence-electron chi connectivity index (χ3n) is 2.46. The van der Waals surface area contributed by atoms with Crippen LogP contribution in [0.2, 0.25) is 0 Å². The second-order valence-electron chi connectivity index (χ2n) is 3.60. The Labute approximate surface area is 109 Å². The maximum atomic E-state index is 6.03. The highest BCUT2D eigenvalue weighted by Crippen LogP contribution is 2.20. The lowest BCUT2D eigenvalue weighted by Gasteiger charge is -2.02. The summed E-state index contributed by atoms with van der Waals surface area (Å²) in [4.78, 5) is 0. The van der Waals surface area contributed by atoms with Gasteiger partial charge in [0, 0.05) is 5.33 Å². The molecular weight excluding hydrogens is 284 g/mol. The first-order valence-electron chi connectivity index (χ1n) is 5.17. The number of fused-ring (bicyclic) bond motifs is 1. The Morgan fingerprint density at radius 3 is 2.69 bits per heavy atom. The fourth-order valence-electron chi connectivity index (χ4n) is 1.66. The molecule has 2 heteroatoms. The molecule has 0 spiro atoms. The van der Waals surface area contributed by atoms with Crippen LogP contribution in [-0.4, -0.2) is 10.7 Å². The van der Waals surface area contributed by atoms with Crippen molar-refractivity contribution in [2.24, 2.45) is 0 Å². The van der Waals surface area contributed by atoms with Gasteiger partial charge in [0.05, 0.1) is 5.38 Å². The van der Waals surface area contributed by atoms with E-state index in [4.69, 9.17) is 11.6 Å². The molecule has 0 fully saturated rings. The fourth-order valence-corrected chi connectivity index (χ4v) is 1.94. The van der Waals surface area contributed by atoms with Crippen LogP contribution < -0.4 is 0 Å². The highest BCUT2D eigenvalue weighted by atomic mass is 79.9. The van der Waals surface area contributed by atoms with Crippen LogP contribution in [0.4, 0.5) is 0 Å². The van der Waals surface area contributed by atoms with Crippen LogP contribution in [0.1, 0.15) is 5.56 Å². The molecule has 2 aromatic rings. The van der Waals surface area contributed by atoms with Crippen molar-refractivity contribution in [3.05, 3.63) is 54.1 Å². The minimum Gasteiger partial charge on any atom is -0.118 e. The molecule has 82 valence electrons. The van der Waals surface area contributed by atoms with Gasteiger partial charge in [-0.05, 0) is 16.3 Å². The number of hydrogen-bond donors (Lipinski definition) is 0. The van der Waals surface area contributed by atoms with Crippen molar-refractivity contribution in [1.29, 1.82) is 0 Å². The number of benzene rings is 2. The molecule has 1 unspecified atom stereocenters. The molecule has 0 N–H and O–H groups in total. The first-order valence-corrected chi connectivity index (χ1v) is 6.73. The molecule has 0 aliphatic heterocycles. The topological polar surface area (TPSA) is 0 Å². The number of alkyl halides is 2. The van der Waals surface area contributed by atoms with Crippen LogP contribution in [0, 0.1) is 0 Å². The average molecular weight is 296 g/mol. The van der Waals surface area contributed by atoms with E-state index in [0.29, 0.717) is 0 Å². The minimum absolute atomic E-state index is 0.0407. The molecule has 0 aromatic heterocycles. The summed E-state index contributed by atoms with van der Waals surface area (Å²) in [7, 11) is 0. The summed E-state index contributed by atoms with van der Waals surface area (Å²) in [5.74, 6) is 0. The van der Waals surface area contributed by atoms with E-state index in [0.717, 1.165) is 5.33 Å². The number of allylic oxidation sites excluding steroid dienone is 1. The van der Waals surface area contributed by atoms with Crippen LogP contribution in [0.5, 0.6) is 0 Å². The van der Waals surface area contributed by atoms with Crippen molar-refractivity contribution >= 4 is 44.4 Å². The molecule has 0 nitrogen and oxygen atoms in total. The van der Waals surface area contributed by atoms with Crippen molar-refractivity contribution in [2.75, 3.05) is 5.33 Å². The van der Waals surface area contributed by atoms with Gasteiger partial charge in [-0.25, -0.2) is 0 Å². The van der Waals surface area contributed by atoms with Gasteiger partial charge in [0.1, 0.15) is 0 Å². The van der Waals surface area contributed by atoms with Crippen molar-refractivity contribution in [3.63, 3.8) is 0 Å². The van der Waals surface area contributed by atoms with Gasteiger partial charge in [-0.3, -0.25) is 0 Å². The molecule has 16 heavy (non-hydrogen) atoms. The number of halogens is 2. The Bertz CT molecular complexity index is 500. The largest absolute Gasteiger partial charge is 0.118 e. The van der Waals surface area contributed by atoms with Crippen molar-refractivity contribution in [2.45, 2.75) is 5.38 Å². The van der Waals surface area contributed by atoms with Crippen LogP contribution in [0.3, 0.4) is 0 Å². The van der Waals surface area contributed by atoms with Crippen LogP contribution in [-0.2, 0) is 0 Å². The Morgan fingerprint density at radius 2 is 1.88 bits per heavy atom. The van der Waals surface area contributed by atoms with E-state index in [1.165, 1.54) is 16.3 Å². The monoisotopic (exact) mass is 294 g/mol. The molecule has 1 atom stereocenters. The SMILES string of the molecule is ClC(C=Cc1cccc2ccccc12)CBr. The third kappa shape index (κ3) is 2.66. The van der Waals surface area contributed by atoms with Gasteiger partial charge in [-0.1, -0.05) is 70.5 Å². The second-order valence-corrected chi connectivity index (χ2v) is 4.81. The van der Waals surface area contributed by atoms with E-state index in [2.05, 4.69) is 64.5 Å². The van der Waals surface area contributed by atoms with Crippen LogP contribution in [0.25, 0.3) is 16.8 Å². The molecule has 0 amide bonds. The zero-order valence-electron chi connectivity index (χ0n) is 8.74. The zero-order valence-corrected chi connectivity index (χ0v) is 11.1. The van der Waals surface area contributed by atoms with Gasteiger partial charge in [-0.15, -0.1) is 11.6 Å². The highest BCUT2D eigenvalue weighted by Gasteiger charge is 1.98. The summed E-state index contributed by atoms with van der Waals surface area (Å²) in [6.07, 6.45) is 4.10. The Hall–Kier alpha value is -0.790. The summed E-state index contributed by atoms with van der Waals surface area (Å²) in [6.45, 7) is 0. The van der Waals surface area contributed by atoms with E-state index in [1.807, 2.05) is 6.08 Å². The predicted octanol–water partition coefficient (Wildman–Crippen LogP) is 4.86. The summed E-state index contributed by atoms with van der Waals surface area (Å²) in [6, 6.07) is 14.7. The van der Waals surface area contributed by atoms with E-state index in [1.54, 1.807) is 0 Å². The van der Waals surface area contributed by atoms with Crippen molar-refractivity contribution < 1.29 is 0 Å². The maximum absolute atomic E-state index is 6.03. The summed E-state index contributed by atoms with van der Waals surface area (Å²) in [5, 5.41) is 3.34. The van der Waals surface area contributed by atoms with Gasteiger partial charge in [-0.2, -0.15) is 0 Å². The standard InChI is InChI=1S/C14H12BrCl/c15-10-13(16)9-8-12-6-3-5-11-4-1-2-7-14(11)12/h1-9,13H,10H2. The molecule has 0 bridgehead atoms. The molecule has 0 aliphatic rings. The lowest BCUT2D eigenvalue weighted by atomic mass is 10.0. The molecule has 0 radical (unpaired) electrons. The number of rotatable bonds is 3. The van der Waals surface area contributed by atoms with Gasteiger partial charge in [0.25, 0.3) is 0 Å². The summed E-state index contributed by atoms with van der Waals surface area (Å²) < 4.78 is 0. The number of hydrogen-bond acceptors (Lipinski definition) is 0. The highest BCUT2D eigenvalue weighted by molar-refractivity contribution is 9.09. The Morgan fingerprint density at radius 1 is 1.12 bits per heavy atom. The zero-order chi connectivity index (χ0) is 11.4. The lowest BCUT2D eigenvalue weighted by Crippen LogP contribution is -1.92. The van der Waals surface area contributed by atoms with Gasteiger partial charge < -0.3 is 0 Å². The first-order chi connectivity index (χ1) is 7.81. The van der Waals surface area contributed by atoms with E-state index < -0.39 is 0 Å². The molecule has 2 rings (SSSR count). The predicted molar refractivity (Wildman–Crippen MR) is 76.4 cm³/mol. The van der Waals surface area contributed by atoms with Gasteiger partial charge in [0.2, 0.25) is 0 Å². The maximum Gasteiger partial charge on any atom is 0.0616 e. The normalized spacial score (nSPS) is 13.4. The first kappa shape index (κ1) is 11.7. The van der Waals surface area contributed by atoms with Crippen LogP contribution >= 0.6 is 27.5 Å². The average Bonchev–Trinajstić information content (AvgIpc) is 2.35. The van der Waals surface area contributed by atoms with Crippen molar-refractivity contribution in [3.8, 4) is 0 Å². The smallest absolute Gasteiger partial charge is 0.0616 e. The molecule has 0 heterocycles. The molecule has 2 aromatic carbocycles. The quantitative estimate of drug-likeness (QED) is 0.710. The minimum atomic E-state index is 0.0407. The Balaban J connectivity index is 2.41. The lowest BCUT2D eigenvalue weighted by molar-refractivity contribution is 1.28. The molecule has 0 saturated heterocycles. The summed E-state index contributed by atoms with van der Waals surface area (Å²) in [5.41, 5.74) is 1.21. The Kier molecular flexibility index (Phi) is 4.03. The van der Waals surface area contributed by atoms with Crippen molar-refractivity contribution in [1.82, 2.24) is 0 Å². The fraction of sp³-hybridized carbons (Fsp3) is 0.143. The van der Waals surface area contributed by atoms with Gasteiger partial charge >= 0.3 is 0 Å². The van der Waals surface area contributed by atoms with E-state index in [-0.39, 0.29) is 5.38 Å². The van der Waals surface area contributed by atoms with Crippen LogP contribution in [0.15, 0.2) is 48.5 Å². The van der Waals surface area contributed by atoms with E-state index >= 15 is 0 Å². The third-order valence-corrected chi connectivity index (χ3v) is 3.83. The van der Waals surface area contributed by atoms with Gasteiger partial charge in [0.15, 0.2) is 0 Å². The second kappa shape index (κ2) is 5.51. The molecular formula is C14H12BrCl. The summed E-state index contributed by atoms with van der Waals surface area (Å²) >= 11 is 9.39. The molecule has 0 aliphatic carbocycles. The van der Waals surface area contributed by atoms with E-state index in [9.17, 15) is 0 Å². The molecule has 0 saturated carbocycles.